The molecule has 40 heavy (non-hydrogen) atoms. The van der Waals surface area contributed by atoms with Gasteiger partial charge in [-0.3, -0.25) is 34.2 Å². The molecule has 6 rings (SSSR count). The molecule has 0 radical (unpaired) electrons. The first-order chi connectivity index (χ1) is 19.4. The van der Waals surface area contributed by atoms with Gasteiger partial charge in [-0.2, -0.15) is 0 Å². The van der Waals surface area contributed by atoms with E-state index in [-0.39, 0.29) is 24.7 Å². The van der Waals surface area contributed by atoms with Gasteiger partial charge in [-0.1, -0.05) is 0 Å². The third-order valence-corrected chi connectivity index (χ3v) is 9.68. The van der Waals surface area contributed by atoms with Crippen molar-refractivity contribution in [3.05, 3.63) is 29.3 Å². The third-order valence-electron chi connectivity index (χ3n) is 9.68. The molecule has 0 spiro atoms. The summed E-state index contributed by atoms with van der Waals surface area (Å²) in [5.41, 5.74) is 1.58. The fourth-order valence-corrected chi connectivity index (χ4v) is 7.27. The molecule has 0 aliphatic carbocycles. The number of nitrogens with zero attached hydrogens (tertiary/aromatic N) is 3. The first-order valence-corrected chi connectivity index (χ1v) is 15.0. The van der Waals surface area contributed by atoms with Gasteiger partial charge in [-0.25, -0.2) is 0 Å². The number of imide groups is 2. The van der Waals surface area contributed by atoms with Crippen LogP contribution in [0.2, 0.25) is 0 Å². The number of nitrogens with one attached hydrogen (secondary N) is 2. The van der Waals surface area contributed by atoms with E-state index in [1.165, 1.54) is 6.42 Å². The van der Waals surface area contributed by atoms with Crippen LogP contribution in [-0.2, 0) is 14.4 Å². The van der Waals surface area contributed by atoms with E-state index in [0.29, 0.717) is 28.9 Å². The standard InChI is InChI=1S/C30H39N5O5/c36-26-4-3-25(27(37)32-26)35-29(39)23-2-1-22(18-24(23)30(35)40)33-13-7-19(8-14-33)17-20-9-15-34(16-10-20)28(38)21-5-11-31-12-6-21/h1-2,18-21,25,31H,3-17H2,(H,32,36,37). The molecular weight excluding hydrogens is 510 g/mol. The van der Waals surface area contributed by atoms with E-state index in [9.17, 15) is 24.0 Å². The lowest BCUT2D eigenvalue weighted by Crippen LogP contribution is -2.54. The van der Waals surface area contributed by atoms with Gasteiger partial charge < -0.3 is 15.1 Å². The van der Waals surface area contributed by atoms with Gasteiger partial charge in [0.05, 0.1) is 11.1 Å². The Balaban J connectivity index is 1.00. The highest BCUT2D eigenvalue weighted by atomic mass is 16.2. The van der Waals surface area contributed by atoms with Crippen molar-refractivity contribution in [1.29, 1.82) is 0 Å². The predicted octanol–water partition coefficient (Wildman–Crippen LogP) is 1.93. The summed E-state index contributed by atoms with van der Waals surface area (Å²) in [7, 11) is 0. The zero-order chi connectivity index (χ0) is 27.8. The Morgan fingerprint density at radius 2 is 1.45 bits per heavy atom. The number of hydrogen-bond donors (Lipinski definition) is 2. The zero-order valence-corrected chi connectivity index (χ0v) is 23.0. The second-order valence-corrected chi connectivity index (χ2v) is 12.1. The summed E-state index contributed by atoms with van der Waals surface area (Å²) in [5.74, 6) is 0.00524. The molecule has 10 heteroatoms. The van der Waals surface area contributed by atoms with Crippen LogP contribution < -0.4 is 15.5 Å². The molecule has 5 amide bonds. The highest BCUT2D eigenvalue weighted by molar-refractivity contribution is 6.23. The molecule has 5 aliphatic rings. The largest absolute Gasteiger partial charge is 0.371 e. The maximum atomic E-state index is 13.2. The smallest absolute Gasteiger partial charge is 0.262 e. The number of carbonyl (C=O) groups excluding carboxylic acids is 5. The number of fused-ring (bicyclic) bond motifs is 1. The molecule has 5 heterocycles. The van der Waals surface area contributed by atoms with Crippen molar-refractivity contribution < 1.29 is 24.0 Å². The molecule has 1 atom stereocenters. The van der Waals surface area contributed by atoms with Crippen LogP contribution in [0.25, 0.3) is 0 Å². The maximum absolute atomic E-state index is 13.2. The number of benzene rings is 1. The summed E-state index contributed by atoms with van der Waals surface area (Å²) >= 11 is 0. The summed E-state index contributed by atoms with van der Waals surface area (Å²) < 4.78 is 0. The number of amides is 5. The molecule has 214 valence electrons. The Kier molecular flexibility index (Phi) is 7.61. The highest BCUT2D eigenvalue weighted by Crippen LogP contribution is 2.35. The van der Waals surface area contributed by atoms with Crippen molar-refractivity contribution in [1.82, 2.24) is 20.4 Å². The number of hydrogen-bond acceptors (Lipinski definition) is 7. The van der Waals surface area contributed by atoms with Crippen LogP contribution >= 0.6 is 0 Å². The molecule has 4 saturated heterocycles. The normalized spacial score (nSPS) is 25.4. The topological polar surface area (TPSA) is 119 Å². The lowest BCUT2D eigenvalue weighted by atomic mass is 9.82. The van der Waals surface area contributed by atoms with E-state index < -0.39 is 23.8 Å². The molecule has 1 aromatic carbocycles. The number of rotatable bonds is 5. The van der Waals surface area contributed by atoms with E-state index in [1.807, 2.05) is 6.07 Å². The predicted molar refractivity (Wildman–Crippen MR) is 148 cm³/mol. The lowest BCUT2D eigenvalue weighted by molar-refractivity contribution is -0.138. The lowest BCUT2D eigenvalue weighted by Gasteiger charge is -2.38. The van der Waals surface area contributed by atoms with E-state index in [4.69, 9.17) is 0 Å². The summed E-state index contributed by atoms with van der Waals surface area (Å²) in [6.45, 7) is 5.48. The average Bonchev–Trinajstić information content (AvgIpc) is 3.23. The second kappa shape index (κ2) is 11.3. The minimum absolute atomic E-state index is 0.111. The number of carbonyl (C=O) groups is 5. The quantitative estimate of drug-likeness (QED) is 0.539. The van der Waals surface area contributed by atoms with E-state index in [0.717, 1.165) is 88.4 Å². The molecule has 0 saturated carbocycles. The van der Waals surface area contributed by atoms with Crippen LogP contribution in [-0.4, -0.2) is 84.6 Å². The Morgan fingerprint density at radius 3 is 2.12 bits per heavy atom. The fourth-order valence-electron chi connectivity index (χ4n) is 7.27. The van der Waals surface area contributed by atoms with Gasteiger partial charge in [0, 0.05) is 44.2 Å². The van der Waals surface area contributed by atoms with Crippen LogP contribution in [0.3, 0.4) is 0 Å². The highest BCUT2D eigenvalue weighted by Gasteiger charge is 2.45. The molecule has 10 nitrogen and oxygen atoms in total. The van der Waals surface area contributed by atoms with E-state index in [2.05, 4.69) is 20.4 Å². The average molecular weight is 550 g/mol. The van der Waals surface area contributed by atoms with Crippen molar-refractivity contribution >= 4 is 35.2 Å². The summed E-state index contributed by atoms with van der Waals surface area (Å²) in [5, 5.41) is 5.58. The van der Waals surface area contributed by atoms with E-state index >= 15 is 0 Å². The van der Waals surface area contributed by atoms with Gasteiger partial charge in [0.25, 0.3) is 11.8 Å². The van der Waals surface area contributed by atoms with E-state index in [1.54, 1.807) is 12.1 Å². The monoisotopic (exact) mass is 549 g/mol. The Hall–Kier alpha value is -3.27. The molecule has 5 aliphatic heterocycles. The molecule has 4 fully saturated rings. The first-order valence-electron chi connectivity index (χ1n) is 15.0. The Bertz CT molecular complexity index is 1190. The SMILES string of the molecule is O=C1CCC(N2C(=O)c3ccc(N4CCC(CC5CCN(C(=O)C6CCNCC6)CC5)CC4)cc3C2=O)C(=O)N1. The van der Waals surface area contributed by atoms with Gasteiger partial charge in [-0.15, -0.1) is 0 Å². The Labute approximate surface area is 234 Å². The molecule has 0 bridgehead atoms. The molecule has 0 aromatic heterocycles. The van der Waals surface area contributed by atoms with Crippen molar-refractivity contribution in [3.63, 3.8) is 0 Å². The van der Waals surface area contributed by atoms with Crippen molar-refractivity contribution in [3.8, 4) is 0 Å². The van der Waals surface area contributed by atoms with Gasteiger partial charge in [-0.05, 0) is 94.5 Å². The van der Waals surface area contributed by atoms with Crippen LogP contribution in [0, 0.1) is 17.8 Å². The summed E-state index contributed by atoms with van der Waals surface area (Å²) in [6, 6.07) is 4.44. The first kappa shape index (κ1) is 26.9. The van der Waals surface area contributed by atoms with Crippen LogP contribution in [0.4, 0.5) is 5.69 Å². The van der Waals surface area contributed by atoms with Gasteiger partial charge in [0.15, 0.2) is 0 Å². The van der Waals surface area contributed by atoms with Crippen LogP contribution in [0.15, 0.2) is 18.2 Å². The van der Waals surface area contributed by atoms with Gasteiger partial charge in [0.2, 0.25) is 17.7 Å². The summed E-state index contributed by atoms with van der Waals surface area (Å²) in [6.07, 6.45) is 7.77. The van der Waals surface area contributed by atoms with Gasteiger partial charge in [0.1, 0.15) is 6.04 Å². The van der Waals surface area contributed by atoms with Crippen molar-refractivity contribution in [2.75, 3.05) is 44.2 Å². The molecule has 1 aromatic rings. The number of likely N-dealkylation sites (tertiary alicyclic amines) is 1. The fraction of sp³-hybridized carbons (Fsp3) is 0.633. The van der Waals surface area contributed by atoms with Crippen LogP contribution in [0.5, 0.6) is 0 Å². The molecule has 2 N–H and O–H groups in total. The summed E-state index contributed by atoms with van der Waals surface area (Å²) in [4.78, 5) is 68.3. The van der Waals surface area contributed by atoms with Crippen molar-refractivity contribution in [2.45, 2.75) is 63.8 Å². The molecule has 1 unspecified atom stereocenters. The zero-order valence-electron chi connectivity index (χ0n) is 23.0. The number of anilines is 1. The van der Waals surface area contributed by atoms with Crippen LogP contribution in [0.1, 0.15) is 78.5 Å². The number of piperidine rings is 4. The Morgan fingerprint density at radius 1 is 0.800 bits per heavy atom. The minimum Gasteiger partial charge on any atom is -0.371 e. The third kappa shape index (κ3) is 5.25. The molecular formula is C30H39N5O5. The van der Waals surface area contributed by atoms with Gasteiger partial charge >= 0.3 is 0 Å². The maximum Gasteiger partial charge on any atom is 0.262 e. The second-order valence-electron chi connectivity index (χ2n) is 12.1. The van der Waals surface area contributed by atoms with Crippen molar-refractivity contribution in [2.24, 2.45) is 17.8 Å². The minimum atomic E-state index is -0.946.